The number of hydrogen-bond donors (Lipinski definition) is 2. The molecule has 2 N–H and O–H groups in total. The van der Waals surface area contributed by atoms with Crippen LogP contribution in [-0.4, -0.2) is 25.1 Å². The SMILES string of the molecule is COc1ccc(-c2csc(Nc3ccc(NC(C)=O)cc3)n2)cc1OC. The third-order valence-electron chi connectivity index (χ3n) is 3.64. The van der Waals surface area contributed by atoms with E-state index >= 15 is 0 Å². The number of hydrogen-bond acceptors (Lipinski definition) is 6. The van der Waals surface area contributed by atoms with Crippen LogP contribution in [0.25, 0.3) is 11.3 Å². The molecule has 0 unspecified atom stereocenters. The average Bonchev–Trinajstić information content (AvgIpc) is 3.11. The Labute approximate surface area is 155 Å². The fourth-order valence-electron chi connectivity index (χ4n) is 2.42. The highest BCUT2D eigenvalue weighted by Crippen LogP contribution is 2.34. The summed E-state index contributed by atoms with van der Waals surface area (Å²) in [4.78, 5) is 15.7. The molecule has 0 saturated carbocycles. The summed E-state index contributed by atoms with van der Waals surface area (Å²) < 4.78 is 10.6. The van der Waals surface area contributed by atoms with Crippen LogP contribution in [0.2, 0.25) is 0 Å². The standard InChI is InChI=1S/C19H19N3O3S/c1-12(23)20-14-5-7-15(8-6-14)21-19-22-16(11-26-19)13-4-9-17(24-2)18(10-13)25-3/h4-11H,1-3H3,(H,20,23)(H,21,22). The van der Waals surface area contributed by atoms with Crippen LogP contribution in [0.5, 0.6) is 11.5 Å². The summed E-state index contributed by atoms with van der Waals surface area (Å²) in [6, 6.07) is 13.2. The van der Waals surface area contributed by atoms with E-state index in [2.05, 4.69) is 15.6 Å². The minimum atomic E-state index is -0.0924. The van der Waals surface area contributed by atoms with Crippen LogP contribution in [0.3, 0.4) is 0 Å². The predicted molar refractivity (Wildman–Crippen MR) is 105 cm³/mol. The molecule has 134 valence electrons. The molecule has 7 heteroatoms. The van der Waals surface area contributed by atoms with Crippen molar-refractivity contribution in [3.8, 4) is 22.8 Å². The van der Waals surface area contributed by atoms with Gasteiger partial charge in [-0.25, -0.2) is 4.98 Å². The second-order valence-corrected chi connectivity index (χ2v) is 6.35. The topological polar surface area (TPSA) is 72.5 Å². The molecule has 0 aliphatic rings. The molecule has 1 amide bonds. The van der Waals surface area contributed by atoms with Gasteiger partial charge in [-0.05, 0) is 42.5 Å². The van der Waals surface area contributed by atoms with Crippen LogP contribution in [0.4, 0.5) is 16.5 Å². The zero-order valence-corrected chi connectivity index (χ0v) is 15.5. The third kappa shape index (κ3) is 4.12. The van der Waals surface area contributed by atoms with Crippen LogP contribution in [-0.2, 0) is 4.79 Å². The quantitative estimate of drug-likeness (QED) is 0.668. The van der Waals surface area contributed by atoms with Crippen molar-refractivity contribution in [2.45, 2.75) is 6.92 Å². The van der Waals surface area contributed by atoms with Crippen LogP contribution in [0.1, 0.15) is 6.92 Å². The molecule has 0 radical (unpaired) electrons. The molecule has 0 saturated heterocycles. The van der Waals surface area contributed by atoms with Gasteiger partial charge in [-0.2, -0.15) is 0 Å². The number of ether oxygens (including phenoxy) is 2. The number of amides is 1. The number of nitrogens with one attached hydrogen (secondary N) is 2. The van der Waals surface area contributed by atoms with E-state index in [-0.39, 0.29) is 5.91 Å². The predicted octanol–water partition coefficient (Wildman–Crippen LogP) is 4.53. The van der Waals surface area contributed by atoms with Gasteiger partial charge in [0.2, 0.25) is 5.91 Å². The van der Waals surface area contributed by atoms with E-state index in [1.807, 2.05) is 47.8 Å². The Morgan fingerprint density at radius 1 is 1.00 bits per heavy atom. The maximum atomic E-state index is 11.1. The Balaban J connectivity index is 1.74. The summed E-state index contributed by atoms with van der Waals surface area (Å²) in [6.07, 6.45) is 0. The van der Waals surface area contributed by atoms with E-state index in [0.29, 0.717) is 11.5 Å². The highest BCUT2D eigenvalue weighted by Gasteiger charge is 2.09. The number of carbonyl (C=O) groups excluding carboxylic acids is 1. The van der Waals surface area contributed by atoms with Gasteiger partial charge in [-0.3, -0.25) is 4.79 Å². The van der Waals surface area contributed by atoms with E-state index in [1.165, 1.54) is 18.3 Å². The summed E-state index contributed by atoms with van der Waals surface area (Å²) in [5.41, 5.74) is 3.46. The summed E-state index contributed by atoms with van der Waals surface area (Å²) in [5.74, 6) is 1.26. The number of anilines is 3. The molecule has 0 atom stereocenters. The van der Waals surface area contributed by atoms with Gasteiger partial charge in [0.05, 0.1) is 19.9 Å². The van der Waals surface area contributed by atoms with Gasteiger partial charge >= 0.3 is 0 Å². The first kappa shape index (κ1) is 17.8. The van der Waals surface area contributed by atoms with E-state index in [9.17, 15) is 4.79 Å². The Bertz CT molecular complexity index is 907. The first-order valence-corrected chi connectivity index (χ1v) is 8.79. The van der Waals surface area contributed by atoms with E-state index < -0.39 is 0 Å². The molecular weight excluding hydrogens is 350 g/mol. The van der Waals surface area contributed by atoms with Crippen LogP contribution < -0.4 is 20.1 Å². The van der Waals surface area contributed by atoms with Gasteiger partial charge < -0.3 is 20.1 Å². The number of nitrogens with zero attached hydrogens (tertiary/aromatic N) is 1. The van der Waals surface area contributed by atoms with Crippen molar-refractivity contribution in [3.05, 3.63) is 47.8 Å². The van der Waals surface area contributed by atoms with Crippen molar-refractivity contribution in [1.82, 2.24) is 4.98 Å². The van der Waals surface area contributed by atoms with Crippen molar-refractivity contribution in [2.24, 2.45) is 0 Å². The van der Waals surface area contributed by atoms with E-state index in [1.54, 1.807) is 14.2 Å². The number of carbonyl (C=O) groups is 1. The van der Waals surface area contributed by atoms with Crippen molar-refractivity contribution >= 4 is 33.8 Å². The number of rotatable bonds is 6. The monoisotopic (exact) mass is 369 g/mol. The maximum Gasteiger partial charge on any atom is 0.221 e. The Morgan fingerprint density at radius 3 is 2.35 bits per heavy atom. The molecule has 1 heterocycles. The lowest BCUT2D eigenvalue weighted by atomic mass is 10.1. The Hall–Kier alpha value is -3.06. The van der Waals surface area contributed by atoms with Crippen LogP contribution in [0, 0.1) is 0 Å². The number of methoxy groups -OCH3 is 2. The van der Waals surface area contributed by atoms with Crippen LogP contribution in [0.15, 0.2) is 47.8 Å². The van der Waals surface area contributed by atoms with Crippen molar-refractivity contribution in [1.29, 1.82) is 0 Å². The highest BCUT2D eigenvalue weighted by molar-refractivity contribution is 7.14. The Morgan fingerprint density at radius 2 is 1.69 bits per heavy atom. The average molecular weight is 369 g/mol. The molecule has 0 aliphatic carbocycles. The van der Waals surface area contributed by atoms with Crippen molar-refractivity contribution < 1.29 is 14.3 Å². The number of aromatic nitrogens is 1. The summed E-state index contributed by atoms with van der Waals surface area (Å²) in [7, 11) is 3.22. The van der Waals surface area contributed by atoms with E-state index in [0.717, 1.165) is 27.8 Å². The smallest absolute Gasteiger partial charge is 0.221 e. The second kappa shape index (κ2) is 7.88. The normalized spacial score (nSPS) is 10.3. The summed E-state index contributed by atoms with van der Waals surface area (Å²) in [5, 5.41) is 8.77. The molecule has 26 heavy (non-hydrogen) atoms. The lowest BCUT2D eigenvalue weighted by molar-refractivity contribution is -0.114. The van der Waals surface area contributed by atoms with Crippen molar-refractivity contribution in [2.75, 3.05) is 24.9 Å². The minimum Gasteiger partial charge on any atom is -0.493 e. The molecular formula is C19H19N3O3S. The Kier molecular flexibility index (Phi) is 5.38. The molecule has 3 rings (SSSR count). The van der Waals surface area contributed by atoms with Gasteiger partial charge in [-0.15, -0.1) is 11.3 Å². The van der Waals surface area contributed by atoms with Gasteiger partial charge in [0.25, 0.3) is 0 Å². The first-order chi connectivity index (χ1) is 12.6. The first-order valence-electron chi connectivity index (χ1n) is 7.91. The van der Waals surface area contributed by atoms with E-state index in [4.69, 9.17) is 9.47 Å². The molecule has 0 bridgehead atoms. The van der Waals surface area contributed by atoms with Crippen LogP contribution >= 0.6 is 11.3 Å². The molecule has 3 aromatic rings. The number of thiazole rings is 1. The lowest BCUT2D eigenvalue weighted by Gasteiger charge is -2.08. The number of benzene rings is 2. The zero-order valence-electron chi connectivity index (χ0n) is 14.7. The van der Waals surface area contributed by atoms with Gasteiger partial charge in [0.1, 0.15) is 0 Å². The summed E-state index contributed by atoms with van der Waals surface area (Å²) >= 11 is 1.51. The summed E-state index contributed by atoms with van der Waals surface area (Å²) in [6.45, 7) is 1.48. The van der Waals surface area contributed by atoms with Gasteiger partial charge in [0, 0.05) is 29.2 Å². The zero-order chi connectivity index (χ0) is 18.5. The van der Waals surface area contributed by atoms with Crippen molar-refractivity contribution in [3.63, 3.8) is 0 Å². The largest absolute Gasteiger partial charge is 0.493 e. The van der Waals surface area contributed by atoms with Gasteiger partial charge in [0.15, 0.2) is 16.6 Å². The third-order valence-corrected chi connectivity index (χ3v) is 4.40. The molecule has 0 fully saturated rings. The molecule has 0 aliphatic heterocycles. The fourth-order valence-corrected chi connectivity index (χ4v) is 3.16. The molecule has 0 spiro atoms. The maximum absolute atomic E-state index is 11.1. The molecule has 2 aromatic carbocycles. The minimum absolute atomic E-state index is 0.0924. The highest BCUT2D eigenvalue weighted by atomic mass is 32.1. The lowest BCUT2D eigenvalue weighted by Crippen LogP contribution is -2.05. The molecule has 1 aromatic heterocycles. The second-order valence-electron chi connectivity index (χ2n) is 5.49. The fraction of sp³-hybridized carbons (Fsp3) is 0.158. The van der Waals surface area contributed by atoms with Gasteiger partial charge in [-0.1, -0.05) is 0 Å². The molecule has 6 nitrogen and oxygen atoms in total.